The normalized spacial score (nSPS) is 17.2. The van der Waals surface area contributed by atoms with Gasteiger partial charge in [0.15, 0.2) is 0 Å². The van der Waals surface area contributed by atoms with E-state index in [1.807, 2.05) is 32.6 Å². The van der Waals surface area contributed by atoms with Gasteiger partial charge in [0.1, 0.15) is 11.5 Å². The van der Waals surface area contributed by atoms with Crippen molar-refractivity contribution < 1.29 is 10.2 Å². The van der Waals surface area contributed by atoms with E-state index in [-0.39, 0.29) is 11.5 Å². The highest BCUT2D eigenvalue weighted by Gasteiger charge is 2.25. The SMILES string of the molecule is Cc1cc(O)c([C]2[CH][CH][CH][CH]2)c(C)c1O. The highest BCUT2D eigenvalue weighted by Crippen LogP contribution is 2.41. The van der Waals surface area contributed by atoms with Gasteiger partial charge < -0.3 is 10.2 Å². The molecule has 77 valence electrons. The maximum absolute atomic E-state index is 9.86. The predicted molar refractivity (Wildman–Crippen MR) is 58.8 cm³/mol. The molecule has 2 rings (SSSR count). The van der Waals surface area contributed by atoms with Crippen molar-refractivity contribution in [2.45, 2.75) is 13.8 Å². The maximum Gasteiger partial charge on any atom is 0.121 e. The molecule has 0 aromatic heterocycles. The Balaban J connectivity index is 2.50. The van der Waals surface area contributed by atoms with Crippen molar-refractivity contribution in [2.24, 2.45) is 0 Å². The molecular weight excluding hydrogens is 188 g/mol. The topological polar surface area (TPSA) is 40.5 Å². The zero-order valence-electron chi connectivity index (χ0n) is 8.78. The van der Waals surface area contributed by atoms with Crippen LogP contribution in [0.1, 0.15) is 16.7 Å². The van der Waals surface area contributed by atoms with E-state index in [9.17, 15) is 10.2 Å². The number of benzene rings is 1. The van der Waals surface area contributed by atoms with Crippen LogP contribution in [0.3, 0.4) is 0 Å². The quantitative estimate of drug-likeness (QED) is 0.685. The number of hydrogen-bond donors (Lipinski definition) is 2. The largest absolute Gasteiger partial charge is 0.508 e. The molecule has 1 aromatic rings. The molecule has 2 N–H and O–H groups in total. The Morgan fingerprint density at radius 2 is 1.60 bits per heavy atom. The smallest absolute Gasteiger partial charge is 0.121 e. The van der Waals surface area contributed by atoms with Crippen LogP contribution in [-0.4, -0.2) is 10.2 Å². The maximum atomic E-state index is 9.86. The van der Waals surface area contributed by atoms with Gasteiger partial charge in [0, 0.05) is 11.5 Å². The van der Waals surface area contributed by atoms with Gasteiger partial charge >= 0.3 is 0 Å². The molecule has 1 aromatic carbocycles. The molecule has 1 aliphatic rings. The van der Waals surface area contributed by atoms with Crippen LogP contribution in [0, 0.1) is 45.4 Å². The number of aryl methyl sites for hydroxylation is 1. The molecule has 0 unspecified atom stereocenters. The van der Waals surface area contributed by atoms with Gasteiger partial charge in [-0.1, -0.05) is 0 Å². The molecular formula is C13H13O2. The van der Waals surface area contributed by atoms with E-state index in [2.05, 4.69) is 0 Å². The van der Waals surface area contributed by atoms with Crippen molar-refractivity contribution >= 4 is 0 Å². The van der Waals surface area contributed by atoms with Crippen molar-refractivity contribution in [3.8, 4) is 11.5 Å². The summed E-state index contributed by atoms with van der Waals surface area (Å²) in [6.07, 6.45) is 7.64. The van der Waals surface area contributed by atoms with E-state index < -0.39 is 0 Å². The molecule has 0 saturated heterocycles. The highest BCUT2D eigenvalue weighted by molar-refractivity contribution is 5.63. The average molecular weight is 201 g/mol. The summed E-state index contributed by atoms with van der Waals surface area (Å²) in [6.45, 7) is 3.58. The standard InChI is InChI=1S/C13H13O2/c1-8-7-11(14)12(9(2)13(8)15)10-5-3-4-6-10/h3-7,14-15H,1-2H3. The number of phenols is 2. The molecule has 0 amide bonds. The lowest BCUT2D eigenvalue weighted by molar-refractivity contribution is 0.449. The summed E-state index contributed by atoms with van der Waals surface area (Å²) in [5.74, 6) is 1.40. The van der Waals surface area contributed by atoms with Crippen molar-refractivity contribution in [1.82, 2.24) is 0 Å². The fraction of sp³-hybridized carbons (Fsp3) is 0.154. The molecule has 1 saturated carbocycles. The number of aromatic hydroxyl groups is 2. The molecule has 15 heavy (non-hydrogen) atoms. The van der Waals surface area contributed by atoms with Gasteiger partial charge in [-0.2, -0.15) is 0 Å². The van der Waals surface area contributed by atoms with Gasteiger partial charge in [0.25, 0.3) is 0 Å². The number of rotatable bonds is 1. The Morgan fingerprint density at radius 3 is 2.20 bits per heavy atom. The van der Waals surface area contributed by atoms with Crippen LogP contribution in [-0.2, 0) is 0 Å². The molecule has 0 heterocycles. The Hall–Kier alpha value is -1.18. The lowest BCUT2D eigenvalue weighted by Crippen LogP contribution is -2.00. The van der Waals surface area contributed by atoms with Crippen LogP contribution in [0.2, 0.25) is 0 Å². The zero-order valence-corrected chi connectivity index (χ0v) is 8.78. The summed E-state index contributed by atoms with van der Waals surface area (Å²) in [4.78, 5) is 0. The van der Waals surface area contributed by atoms with Crippen LogP contribution in [0.5, 0.6) is 11.5 Å². The number of phenolic OH excluding ortho intramolecular Hbond substituents is 2. The fourth-order valence-corrected chi connectivity index (χ4v) is 1.86. The molecule has 5 radical (unpaired) electrons. The minimum atomic E-state index is 0.217. The molecule has 1 fully saturated rings. The number of hydrogen-bond acceptors (Lipinski definition) is 2. The van der Waals surface area contributed by atoms with E-state index in [1.54, 1.807) is 13.0 Å². The summed E-state index contributed by atoms with van der Waals surface area (Å²) in [5, 5.41) is 19.7. The third kappa shape index (κ3) is 1.69. The van der Waals surface area contributed by atoms with Gasteiger partial charge in [-0.25, -0.2) is 0 Å². The second-order valence-corrected chi connectivity index (χ2v) is 3.73. The third-order valence-corrected chi connectivity index (χ3v) is 2.66. The Kier molecular flexibility index (Phi) is 2.59. The Bertz CT molecular complexity index is 377. The first-order chi connectivity index (χ1) is 7.11. The van der Waals surface area contributed by atoms with Crippen LogP contribution in [0.25, 0.3) is 0 Å². The molecule has 2 nitrogen and oxygen atoms in total. The van der Waals surface area contributed by atoms with E-state index in [1.165, 1.54) is 0 Å². The van der Waals surface area contributed by atoms with E-state index in [0.29, 0.717) is 11.1 Å². The fourth-order valence-electron chi connectivity index (χ4n) is 1.86. The van der Waals surface area contributed by atoms with Gasteiger partial charge in [-0.15, -0.1) is 0 Å². The van der Waals surface area contributed by atoms with Crippen molar-refractivity contribution in [3.63, 3.8) is 0 Å². The van der Waals surface area contributed by atoms with Crippen molar-refractivity contribution in [1.29, 1.82) is 0 Å². The van der Waals surface area contributed by atoms with E-state index in [0.717, 1.165) is 11.5 Å². The van der Waals surface area contributed by atoms with Gasteiger partial charge in [-0.05, 0) is 56.7 Å². The summed E-state index contributed by atoms with van der Waals surface area (Å²) in [6, 6.07) is 1.59. The third-order valence-electron chi connectivity index (χ3n) is 2.66. The van der Waals surface area contributed by atoms with Crippen molar-refractivity contribution in [3.05, 3.63) is 54.4 Å². The van der Waals surface area contributed by atoms with Crippen LogP contribution in [0.15, 0.2) is 6.07 Å². The minimum absolute atomic E-state index is 0.217. The first-order valence-corrected chi connectivity index (χ1v) is 4.85. The lowest BCUT2D eigenvalue weighted by Gasteiger charge is -2.16. The summed E-state index contributed by atoms with van der Waals surface area (Å²) in [5.41, 5.74) is 2.13. The summed E-state index contributed by atoms with van der Waals surface area (Å²) >= 11 is 0. The molecule has 0 atom stereocenters. The molecule has 1 aliphatic carbocycles. The van der Waals surface area contributed by atoms with E-state index >= 15 is 0 Å². The molecule has 2 heteroatoms. The summed E-state index contributed by atoms with van der Waals surface area (Å²) in [7, 11) is 0. The highest BCUT2D eigenvalue weighted by atomic mass is 16.3. The molecule has 0 bridgehead atoms. The molecule has 0 aliphatic heterocycles. The second kappa shape index (κ2) is 3.76. The minimum Gasteiger partial charge on any atom is -0.508 e. The summed E-state index contributed by atoms with van der Waals surface area (Å²) < 4.78 is 0. The monoisotopic (exact) mass is 201 g/mol. The first-order valence-electron chi connectivity index (χ1n) is 4.85. The Labute approximate surface area is 90.6 Å². The second-order valence-electron chi connectivity index (χ2n) is 3.73. The van der Waals surface area contributed by atoms with Crippen LogP contribution < -0.4 is 0 Å². The average Bonchev–Trinajstić information content (AvgIpc) is 2.68. The van der Waals surface area contributed by atoms with Crippen LogP contribution >= 0.6 is 0 Å². The van der Waals surface area contributed by atoms with Gasteiger partial charge in [-0.3, -0.25) is 0 Å². The first kappa shape index (κ1) is 10.3. The zero-order chi connectivity index (χ0) is 11.0. The lowest BCUT2D eigenvalue weighted by atomic mass is 9.90. The Morgan fingerprint density at radius 1 is 1.00 bits per heavy atom. The van der Waals surface area contributed by atoms with E-state index in [4.69, 9.17) is 0 Å². The van der Waals surface area contributed by atoms with Gasteiger partial charge in [0.2, 0.25) is 0 Å². The van der Waals surface area contributed by atoms with Crippen LogP contribution in [0.4, 0.5) is 0 Å². The molecule has 0 spiro atoms. The predicted octanol–water partition coefficient (Wildman–Crippen LogP) is 2.47. The van der Waals surface area contributed by atoms with Crippen molar-refractivity contribution in [2.75, 3.05) is 0 Å². The van der Waals surface area contributed by atoms with Gasteiger partial charge in [0.05, 0.1) is 0 Å².